The van der Waals surface area contributed by atoms with Crippen molar-refractivity contribution in [1.82, 2.24) is 24.8 Å². The summed E-state index contributed by atoms with van der Waals surface area (Å²) in [6, 6.07) is 19.8. The summed E-state index contributed by atoms with van der Waals surface area (Å²) in [5, 5.41) is 1.54. The zero-order chi connectivity index (χ0) is 21.5. The minimum absolute atomic E-state index is 0.478. The molecule has 0 spiro atoms. The van der Waals surface area contributed by atoms with E-state index in [9.17, 15) is 0 Å². The van der Waals surface area contributed by atoms with Crippen LogP contribution < -0.4 is 9.64 Å². The molecule has 3 aromatic heterocycles. The molecule has 2 aromatic carbocycles. The van der Waals surface area contributed by atoms with E-state index < -0.39 is 0 Å². The first-order valence-electron chi connectivity index (χ1n) is 10.6. The maximum absolute atomic E-state index is 6.03. The second kappa shape index (κ2) is 7.72. The number of para-hydroxylation sites is 1. The van der Waals surface area contributed by atoms with Crippen LogP contribution in [0.1, 0.15) is 0 Å². The normalized spacial score (nSPS) is 14.4. The SMILES string of the molecule is S=C(Oc1ccc2nc3[nH]c4ccccc4c3nc2c1)N1CCN(c2ccccn2)CC1. The Morgan fingerprint density at radius 2 is 1.75 bits per heavy atom. The van der Waals surface area contributed by atoms with Crippen LogP contribution in [0.4, 0.5) is 5.82 Å². The van der Waals surface area contributed by atoms with Crippen LogP contribution >= 0.6 is 12.2 Å². The van der Waals surface area contributed by atoms with Crippen molar-refractivity contribution < 1.29 is 4.74 Å². The molecule has 8 heteroatoms. The molecule has 1 aliphatic rings. The Morgan fingerprint density at radius 3 is 2.59 bits per heavy atom. The third-order valence-corrected chi connectivity index (χ3v) is 6.13. The summed E-state index contributed by atoms with van der Waals surface area (Å²) in [5.74, 6) is 1.67. The van der Waals surface area contributed by atoms with E-state index >= 15 is 0 Å². The van der Waals surface area contributed by atoms with Gasteiger partial charge in [0.2, 0.25) is 0 Å². The van der Waals surface area contributed by atoms with Crippen LogP contribution in [-0.2, 0) is 0 Å². The van der Waals surface area contributed by atoms with Crippen molar-refractivity contribution in [2.75, 3.05) is 31.1 Å². The van der Waals surface area contributed by atoms with Crippen LogP contribution in [0.2, 0.25) is 0 Å². The summed E-state index contributed by atoms with van der Waals surface area (Å²) in [6.45, 7) is 3.28. The van der Waals surface area contributed by atoms with E-state index in [0.29, 0.717) is 10.9 Å². The Labute approximate surface area is 189 Å². The first kappa shape index (κ1) is 18.9. The summed E-state index contributed by atoms with van der Waals surface area (Å²) >= 11 is 5.59. The van der Waals surface area contributed by atoms with E-state index in [1.807, 2.05) is 60.8 Å². The molecule has 158 valence electrons. The standard InChI is InChI=1S/C24H20N6OS/c32-24(30-13-11-29(12-14-30)21-7-3-4-10-25-21)31-16-8-9-19-20(15-16)26-22-17-5-1-2-6-18(17)27-23(22)28-19/h1-10,15H,11-14H2,(H,27,28). The molecule has 6 rings (SSSR count). The number of nitrogens with one attached hydrogen (secondary N) is 1. The van der Waals surface area contributed by atoms with Crippen LogP contribution in [0, 0.1) is 0 Å². The van der Waals surface area contributed by atoms with Gasteiger partial charge >= 0.3 is 0 Å². The molecule has 0 amide bonds. The van der Waals surface area contributed by atoms with E-state index in [0.717, 1.165) is 65.1 Å². The van der Waals surface area contributed by atoms with Gasteiger partial charge in [0.15, 0.2) is 5.65 Å². The maximum atomic E-state index is 6.03. The molecule has 0 saturated carbocycles. The molecule has 32 heavy (non-hydrogen) atoms. The smallest absolute Gasteiger partial charge is 0.264 e. The Morgan fingerprint density at radius 1 is 0.906 bits per heavy atom. The molecular formula is C24H20N6OS. The fourth-order valence-corrected chi connectivity index (χ4v) is 4.40. The van der Waals surface area contributed by atoms with E-state index in [1.165, 1.54) is 0 Å². The first-order chi connectivity index (χ1) is 15.7. The fourth-order valence-electron chi connectivity index (χ4n) is 4.12. The van der Waals surface area contributed by atoms with Gasteiger partial charge in [-0.1, -0.05) is 24.3 Å². The molecule has 0 bridgehead atoms. The highest BCUT2D eigenvalue weighted by atomic mass is 32.1. The van der Waals surface area contributed by atoms with Crippen LogP contribution in [0.5, 0.6) is 5.75 Å². The minimum atomic E-state index is 0.478. The highest BCUT2D eigenvalue weighted by Gasteiger charge is 2.21. The van der Waals surface area contributed by atoms with Gasteiger partial charge in [0.05, 0.1) is 11.0 Å². The number of thiocarbonyl (C=S) groups is 1. The first-order valence-corrected chi connectivity index (χ1v) is 11.0. The summed E-state index contributed by atoms with van der Waals surface area (Å²) in [4.78, 5) is 21.7. The number of benzene rings is 2. The van der Waals surface area contributed by atoms with Crippen LogP contribution in [-0.4, -0.2) is 56.2 Å². The van der Waals surface area contributed by atoms with E-state index in [2.05, 4.69) is 25.8 Å². The van der Waals surface area contributed by atoms with Crippen molar-refractivity contribution in [2.24, 2.45) is 0 Å². The second-order valence-electron chi connectivity index (χ2n) is 7.77. The maximum Gasteiger partial charge on any atom is 0.264 e. The Balaban J connectivity index is 1.20. The predicted octanol–water partition coefficient (Wildman–Crippen LogP) is 4.15. The van der Waals surface area contributed by atoms with Gasteiger partial charge < -0.3 is 19.5 Å². The molecule has 4 heterocycles. The molecule has 0 unspecified atom stereocenters. The molecule has 7 nitrogen and oxygen atoms in total. The molecule has 1 saturated heterocycles. The van der Waals surface area contributed by atoms with Gasteiger partial charge in [-0.25, -0.2) is 15.0 Å². The van der Waals surface area contributed by atoms with Gasteiger partial charge in [0.1, 0.15) is 17.1 Å². The van der Waals surface area contributed by atoms with Crippen molar-refractivity contribution in [1.29, 1.82) is 0 Å². The topological polar surface area (TPSA) is 70.2 Å². The number of fused-ring (bicyclic) bond motifs is 4. The number of aromatic nitrogens is 4. The summed E-state index contributed by atoms with van der Waals surface area (Å²) < 4.78 is 6.03. The van der Waals surface area contributed by atoms with Gasteiger partial charge in [0, 0.05) is 49.3 Å². The Bertz CT molecular complexity index is 1440. The van der Waals surface area contributed by atoms with Gasteiger partial charge in [-0.2, -0.15) is 0 Å². The largest absolute Gasteiger partial charge is 0.432 e. The lowest BCUT2D eigenvalue weighted by Crippen LogP contribution is -2.49. The number of anilines is 1. The molecular weight excluding hydrogens is 420 g/mol. The van der Waals surface area contributed by atoms with Gasteiger partial charge in [-0.15, -0.1) is 0 Å². The predicted molar refractivity (Wildman–Crippen MR) is 130 cm³/mol. The van der Waals surface area contributed by atoms with Crippen molar-refractivity contribution >= 4 is 56.3 Å². The number of H-pyrrole nitrogens is 1. The number of nitrogens with zero attached hydrogens (tertiary/aromatic N) is 5. The number of hydrogen-bond acceptors (Lipinski definition) is 6. The molecule has 1 fully saturated rings. The number of hydrogen-bond donors (Lipinski definition) is 1. The van der Waals surface area contributed by atoms with Crippen molar-refractivity contribution in [2.45, 2.75) is 0 Å². The number of ether oxygens (including phenoxy) is 1. The molecule has 0 atom stereocenters. The van der Waals surface area contributed by atoms with Crippen LogP contribution in [0.25, 0.3) is 33.1 Å². The van der Waals surface area contributed by atoms with E-state index in [1.54, 1.807) is 0 Å². The zero-order valence-corrected chi connectivity index (χ0v) is 18.0. The molecule has 1 N–H and O–H groups in total. The van der Waals surface area contributed by atoms with E-state index in [-0.39, 0.29) is 0 Å². The lowest BCUT2D eigenvalue weighted by molar-refractivity contribution is 0.331. The monoisotopic (exact) mass is 440 g/mol. The minimum Gasteiger partial charge on any atom is -0.432 e. The average Bonchev–Trinajstić information content (AvgIpc) is 3.20. The average molecular weight is 441 g/mol. The Hall–Kier alpha value is -3.78. The summed E-state index contributed by atoms with van der Waals surface area (Å²) in [6.07, 6.45) is 1.82. The van der Waals surface area contributed by atoms with Crippen molar-refractivity contribution in [3.05, 3.63) is 66.9 Å². The Kier molecular flexibility index (Phi) is 4.57. The van der Waals surface area contributed by atoms with Gasteiger partial charge in [-0.05, 0) is 42.5 Å². The molecule has 5 aromatic rings. The molecule has 1 aliphatic heterocycles. The lowest BCUT2D eigenvalue weighted by Gasteiger charge is -2.36. The third-order valence-electron chi connectivity index (χ3n) is 5.79. The lowest BCUT2D eigenvalue weighted by atomic mass is 10.2. The van der Waals surface area contributed by atoms with Crippen molar-refractivity contribution in [3.8, 4) is 5.75 Å². The zero-order valence-electron chi connectivity index (χ0n) is 17.2. The number of rotatable bonds is 2. The fraction of sp³-hybridized carbons (Fsp3) is 0.167. The number of aromatic amines is 1. The van der Waals surface area contributed by atoms with Crippen molar-refractivity contribution in [3.63, 3.8) is 0 Å². The number of piperazine rings is 1. The summed E-state index contributed by atoms with van der Waals surface area (Å²) in [7, 11) is 0. The van der Waals surface area contributed by atoms with E-state index in [4.69, 9.17) is 26.9 Å². The quantitative estimate of drug-likeness (QED) is 0.414. The number of pyridine rings is 1. The van der Waals surface area contributed by atoms with Gasteiger partial charge in [-0.3, -0.25) is 0 Å². The van der Waals surface area contributed by atoms with Crippen LogP contribution in [0.15, 0.2) is 66.9 Å². The second-order valence-corrected chi connectivity index (χ2v) is 8.12. The highest BCUT2D eigenvalue weighted by molar-refractivity contribution is 7.80. The van der Waals surface area contributed by atoms with Crippen LogP contribution in [0.3, 0.4) is 0 Å². The molecule has 0 radical (unpaired) electrons. The van der Waals surface area contributed by atoms with Gasteiger partial charge in [0.25, 0.3) is 5.17 Å². The molecule has 0 aliphatic carbocycles. The third kappa shape index (κ3) is 3.38. The highest BCUT2D eigenvalue weighted by Crippen LogP contribution is 2.26. The summed E-state index contributed by atoms with van der Waals surface area (Å²) in [5.41, 5.74) is 4.27.